The molecule has 0 bridgehead atoms. The molecule has 0 unspecified atom stereocenters. The van der Waals surface area contributed by atoms with Crippen LogP contribution in [-0.4, -0.2) is 11.1 Å². The molecule has 0 atom stereocenters. The van der Waals surface area contributed by atoms with Gasteiger partial charge in [0, 0.05) is 11.6 Å². The van der Waals surface area contributed by atoms with Crippen molar-refractivity contribution in [2.75, 3.05) is 5.73 Å². The maximum Gasteiger partial charge on any atom is 0.251 e. The Morgan fingerprint density at radius 1 is 1.37 bits per heavy atom. The van der Waals surface area contributed by atoms with E-state index in [1.807, 2.05) is 0 Å². The SMILES string of the molecule is Cc1cc(CNC(=O)c2cc(F)c(N)c(F)c2)on1. The molecule has 2 aromatic rings. The number of carbonyl (C=O) groups is 1. The number of nitrogens with one attached hydrogen (secondary N) is 1. The number of nitrogens with zero attached hydrogens (tertiary/aromatic N) is 1. The summed E-state index contributed by atoms with van der Waals surface area (Å²) in [6.07, 6.45) is 0. The number of hydrogen-bond acceptors (Lipinski definition) is 4. The smallest absolute Gasteiger partial charge is 0.251 e. The highest BCUT2D eigenvalue weighted by molar-refractivity contribution is 5.94. The molecule has 1 amide bonds. The maximum absolute atomic E-state index is 13.2. The second-order valence-electron chi connectivity index (χ2n) is 3.97. The first kappa shape index (κ1) is 13.0. The molecule has 0 fully saturated rings. The van der Waals surface area contributed by atoms with Crippen molar-refractivity contribution in [2.45, 2.75) is 13.5 Å². The second kappa shape index (κ2) is 5.05. The van der Waals surface area contributed by atoms with E-state index >= 15 is 0 Å². The van der Waals surface area contributed by atoms with E-state index in [1.54, 1.807) is 13.0 Å². The number of rotatable bonds is 3. The van der Waals surface area contributed by atoms with E-state index in [2.05, 4.69) is 10.5 Å². The number of benzene rings is 1. The van der Waals surface area contributed by atoms with Gasteiger partial charge in [0.05, 0.1) is 12.2 Å². The van der Waals surface area contributed by atoms with Crippen LogP contribution in [0.4, 0.5) is 14.5 Å². The first-order chi connectivity index (χ1) is 8.97. The fraction of sp³-hybridized carbons (Fsp3) is 0.167. The minimum atomic E-state index is -0.972. The molecule has 19 heavy (non-hydrogen) atoms. The lowest BCUT2D eigenvalue weighted by molar-refractivity contribution is 0.0946. The van der Waals surface area contributed by atoms with E-state index in [1.165, 1.54) is 0 Å². The summed E-state index contributed by atoms with van der Waals surface area (Å²) < 4.78 is 31.3. The van der Waals surface area contributed by atoms with Crippen molar-refractivity contribution in [2.24, 2.45) is 0 Å². The van der Waals surface area contributed by atoms with Crippen LogP contribution in [0, 0.1) is 18.6 Å². The van der Waals surface area contributed by atoms with Gasteiger partial charge in [0.2, 0.25) is 0 Å². The minimum absolute atomic E-state index is 0.0767. The van der Waals surface area contributed by atoms with Crippen LogP contribution in [0.15, 0.2) is 22.7 Å². The Bertz CT molecular complexity index is 602. The summed E-state index contributed by atoms with van der Waals surface area (Å²) in [4.78, 5) is 11.7. The molecule has 0 radical (unpaired) electrons. The molecule has 2 rings (SSSR count). The number of nitrogen functional groups attached to an aromatic ring is 1. The Labute approximate surface area is 107 Å². The van der Waals surface area contributed by atoms with Crippen LogP contribution in [0.2, 0.25) is 0 Å². The monoisotopic (exact) mass is 267 g/mol. The Balaban J connectivity index is 2.08. The van der Waals surface area contributed by atoms with Crippen molar-refractivity contribution in [1.29, 1.82) is 0 Å². The number of carbonyl (C=O) groups excluding carboxylic acids is 1. The summed E-state index contributed by atoms with van der Waals surface area (Å²) in [5, 5.41) is 6.10. The van der Waals surface area contributed by atoms with Crippen molar-refractivity contribution >= 4 is 11.6 Å². The highest BCUT2D eigenvalue weighted by atomic mass is 19.1. The lowest BCUT2D eigenvalue weighted by atomic mass is 10.1. The molecule has 0 spiro atoms. The van der Waals surface area contributed by atoms with Gasteiger partial charge in [0.25, 0.3) is 5.91 Å². The van der Waals surface area contributed by atoms with E-state index in [0.29, 0.717) is 11.5 Å². The lowest BCUT2D eigenvalue weighted by Gasteiger charge is -2.05. The molecule has 3 N–H and O–H groups in total. The van der Waals surface area contributed by atoms with E-state index in [9.17, 15) is 13.6 Å². The number of amides is 1. The predicted molar refractivity (Wildman–Crippen MR) is 63.2 cm³/mol. The molecule has 100 valence electrons. The average molecular weight is 267 g/mol. The summed E-state index contributed by atoms with van der Waals surface area (Å²) in [6.45, 7) is 1.81. The van der Waals surface area contributed by atoms with Crippen LogP contribution in [0.3, 0.4) is 0 Å². The van der Waals surface area contributed by atoms with Crippen LogP contribution in [0.5, 0.6) is 0 Å². The molecule has 5 nitrogen and oxygen atoms in total. The number of aromatic nitrogens is 1. The minimum Gasteiger partial charge on any atom is -0.394 e. The third kappa shape index (κ3) is 2.87. The molecule has 0 aliphatic heterocycles. The highest BCUT2D eigenvalue weighted by Crippen LogP contribution is 2.17. The van der Waals surface area contributed by atoms with Gasteiger partial charge in [0.15, 0.2) is 5.76 Å². The fourth-order valence-corrected chi connectivity index (χ4v) is 1.48. The number of hydrogen-bond donors (Lipinski definition) is 2. The van der Waals surface area contributed by atoms with E-state index in [-0.39, 0.29) is 12.1 Å². The zero-order valence-electron chi connectivity index (χ0n) is 10.0. The van der Waals surface area contributed by atoms with E-state index in [4.69, 9.17) is 10.3 Å². The highest BCUT2D eigenvalue weighted by Gasteiger charge is 2.13. The number of aryl methyl sites for hydroxylation is 1. The molecule has 7 heteroatoms. The third-order valence-electron chi connectivity index (χ3n) is 2.44. The van der Waals surface area contributed by atoms with Gasteiger partial charge in [-0.2, -0.15) is 0 Å². The molecule has 0 aliphatic rings. The van der Waals surface area contributed by atoms with Crippen molar-refractivity contribution in [3.8, 4) is 0 Å². The van der Waals surface area contributed by atoms with Gasteiger partial charge in [-0.15, -0.1) is 0 Å². The molecular weight excluding hydrogens is 256 g/mol. The van der Waals surface area contributed by atoms with Crippen LogP contribution in [0.25, 0.3) is 0 Å². The predicted octanol–water partition coefficient (Wildman–Crippen LogP) is 1.77. The quantitative estimate of drug-likeness (QED) is 0.830. The zero-order chi connectivity index (χ0) is 14.0. The zero-order valence-corrected chi connectivity index (χ0v) is 10.0. The van der Waals surface area contributed by atoms with Gasteiger partial charge >= 0.3 is 0 Å². The van der Waals surface area contributed by atoms with Crippen molar-refractivity contribution in [3.63, 3.8) is 0 Å². The van der Waals surface area contributed by atoms with E-state index < -0.39 is 23.2 Å². The molecule has 1 aromatic heterocycles. The summed E-state index contributed by atoms with van der Waals surface area (Å²) in [5.41, 5.74) is 5.03. The molecule has 1 heterocycles. The molecule has 0 aliphatic carbocycles. The Kier molecular flexibility index (Phi) is 3.46. The van der Waals surface area contributed by atoms with Gasteiger partial charge < -0.3 is 15.6 Å². The van der Waals surface area contributed by atoms with Gasteiger partial charge in [-0.1, -0.05) is 5.16 Å². The van der Waals surface area contributed by atoms with Crippen LogP contribution in [0.1, 0.15) is 21.8 Å². The Morgan fingerprint density at radius 3 is 2.53 bits per heavy atom. The van der Waals surface area contributed by atoms with Gasteiger partial charge in [0.1, 0.15) is 17.3 Å². The van der Waals surface area contributed by atoms with Crippen LogP contribution < -0.4 is 11.1 Å². The summed E-state index contributed by atoms with van der Waals surface area (Å²) in [7, 11) is 0. The van der Waals surface area contributed by atoms with Crippen molar-refractivity contribution in [1.82, 2.24) is 10.5 Å². The normalized spacial score (nSPS) is 10.5. The second-order valence-corrected chi connectivity index (χ2v) is 3.97. The molecular formula is C12H11F2N3O2. The van der Waals surface area contributed by atoms with Crippen molar-refractivity contribution < 1.29 is 18.1 Å². The molecule has 1 aromatic carbocycles. The van der Waals surface area contributed by atoms with Crippen LogP contribution >= 0.6 is 0 Å². The number of nitrogens with two attached hydrogens (primary N) is 1. The lowest BCUT2D eigenvalue weighted by Crippen LogP contribution is -2.23. The first-order valence-electron chi connectivity index (χ1n) is 5.42. The average Bonchev–Trinajstić information content (AvgIpc) is 2.78. The number of anilines is 1. The van der Waals surface area contributed by atoms with E-state index in [0.717, 1.165) is 12.1 Å². The molecule has 0 saturated carbocycles. The Hall–Kier alpha value is -2.44. The van der Waals surface area contributed by atoms with Crippen molar-refractivity contribution in [3.05, 3.63) is 46.9 Å². The van der Waals surface area contributed by atoms with Gasteiger partial charge in [-0.3, -0.25) is 4.79 Å². The maximum atomic E-state index is 13.2. The standard InChI is InChI=1S/C12H11F2N3O2/c1-6-2-8(19-17-6)5-16-12(18)7-3-9(13)11(15)10(14)4-7/h2-4H,5,15H2,1H3,(H,16,18). The molecule has 0 saturated heterocycles. The largest absolute Gasteiger partial charge is 0.394 e. The topological polar surface area (TPSA) is 81.2 Å². The summed E-state index contributed by atoms with van der Waals surface area (Å²) in [5.74, 6) is -2.13. The number of halogens is 2. The fourth-order valence-electron chi connectivity index (χ4n) is 1.48. The first-order valence-corrected chi connectivity index (χ1v) is 5.42. The van der Waals surface area contributed by atoms with Gasteiger partial charge in [-0.05, 0) is 19.1 Å². The summed E-state index contributed by atoms with van der Waals surface area (Å²) >= 11 is 0. The Morgan fingerprint density at radius 2 is 2.00 bits per heavy atom. The third-order valence-corrected chi connectivity index (χ3v) is 2.44. The summed E-state index contributed by atoms with van der Waals surface area (Å²) in [6, 6.07) is 3.39. The van der Waals surface area contributed by atoms with Gasteiger partial charge in [-0.25, -0.2) is 8.78 Å². The van der Waals surface area contributed by atoms with Crippen LogP contribution in [-0.2, 0) is 6.54 Å².